The summed E-state index contributed by atoms with van der Waals surface area (Å²) in [4.78, 5) is 3.20. The van der Waals surface area contributed by atoms with Crippen LogP contribution in [-0.2, 0) is 10.0 Å². The Labute approximate surface area is 150 Å². The summed E-state index contributed by atoms with van der Waals surface area (Å²) in [5.41, 5.74) is 2.78. The summed E-state index contributed by atoms with van der Waals surface area (Å²) in [6.45, 7) is 0. The number of nitrogens with one attached hydrogen (secondary N) is 2. The number of hydrogen-bond acceptors (Lipinski definition) is 2. The standard InChI is InChI=1S/C20H15FN2O2S/c21-17-7-4-14(5-8-17)16-2-1-3-19(12-16)26(24,25)23-18-9-6-15-10-11-22-20(15)13-18/h1-13,22-23H. The molecule has 0 bridgehead atoms. The highest BCUT2D eigenvalue weighted by molar-refractivity contribution is 7.92. The summed E-state index contributed by atoms with van der Waals surface area (Å²) in [5, 5.41) is 1.01. The minimum Gasteiger partial charge on any atom is -0.361 e. The molecule has 1 aromatic heterocycles. The first-order valence-corrected chi connectivity index (χ1v) is 9.46. The Morgan fingerprint density at radius 3 is 2.46 bits per heavy atom. The Bertz CT molecular complexity index is 1180. The van der Waals surface area contributed by atoms with Gasteiger partial charge in [0.05, 0.1) is 10.6 Å². The van der Waals surface area contributed by atoms with Gasteiger partial charge < -0.3 is 4.98 Å². The average Bonchev–Trinajstić information content (AvgIpc) is 3.10. The van der Waals surface area contributed by atoms with Crippen molar-refractivity contribution in [3.05, 3.63) is 84.8 Å². The van der Waals surface area contributed by atoms with Gasteiger partial charge in [-0.1, -0.05) is 30.3 Å². The van der Waals surface area contributed by atoms with Gasteiger partial charge in [0.25, 0.3) is 10.0 Å². The number of hydrogen-bond donors (Lipinski definition) is 2. The van der Waals surface area contributed by atoms with E-state index in [0.717, 1.165) is 16.5 Å². The molecule has 0 aliphatic rings. The molecular formula is C20H15FN2O2S. The molecule has 130 valence electrons. The number of anilines is 1. The Kier molecular flexibility index (Phi) is 3.97. The largest absolute Gasteiger partial charge is 0.361 e. The van der Waals surface area contributed by atoms with Crippen LogP contribution in [0.3, 0.4) is 0 Å². The summed E-state index contributed by atoms with van der Waals surface area (Å²) < 4.78 is 41.2. The predicted molar refractivity (Wildman–Crippen MR) is 101 cm³/mol. The van der Waals surface area contributed by atoms with Gasteiger partial charge in [0.2, 0.25) is 0 Å². The number of sulfonamides is 1. The number of aromatic nitrogens is 1. The first-order chi connectivity index (χ1) is 12.5. The van der Waals surface area contributed by atoms with E-state index in [1.54, 1.807) is 48.7 Å². The van der Waals surface area contributed by atoms with Crippen LogP contribution in [0.2, 0.25) is 0 Å². The van der Waals surface area contributed by atoms with Crippen LogP contribution in [-0.4, -0.2) is 13.4 Å². The number of fused-ring (bicyclic) bond motifs is 1. The van der Waals surface area contributed by atoms with Gasteiger partial charge in [-0.15, -0.1) is 0 Å². The second-order valence-electron chi connectivity index (χ2n) is 5.92. The Balaban J connectivity index is 1.67. The molecule has 4 aromatic rings. The van der Waals surface area contributed by atoms with Crippen molar-refractivity contribution in [2.24, 2.45) is 0 Å². The zero-order valence-corrected chi connectivity index (χ0v) is 14.4. The van der Waals surface area contributed by atoms with Gasteiger partial charge in [0.15, 0.2) is 0 Å². The molecule has 0 amide bonds. The molecule has 2 N–H and O–H groups in total. The van der Waals surface area contributed by atoms with E-state index < -0.39 is 10.0 Å². The van der Waals surface area contributed by atoms with Crippen molar-refractivity contribution in [2.75, 3.05) is 4.72 Å². The van der Waals surface area contributed by atoms with Gasteiger partial charge in [-0.05, 0) is 59.0 Å². The van der Waals surface area contributed by atoms with Gasteiger partial charge in [0, 0.05) is 11.7 Å². The lowest BCUT2D eigenvalue weighted by Gasteiger charge is -2.10. The van der Waals surface area contributed by atoms with Crippen molar-refractivity contribution in [1.29, 1.82) is 0 Å². The number of H-pyrrole nitrogens is 1. The number of aromatic amines is 1. The monoisotopic (exact) mass is 366 g/mol. The fourth-order valence-corrected chi connectivity index (χ4v) is 3.91. The molecule has 0 radical (unpaired) electrons. The number of benzene rings is 3. The molecule has 3 aromatic carbocycles. The molecule has 6 heteroatoms. The summed E-state index contributed by atoms with van der Waals surface area (Å²) in [6, 6.07) is 19.7. The lowest BCUT2D eigenvalue weighted by Crippen LogP contribution is -2.12. The zero-order chi connectivity index (χ0) is 18.1. The van der Waals surface area contributed by atoms with Crippen LogP contribution in [0.1, 0.15) is 0 Å². The highest BCUT2D eigenvalue weighted by Gasteiger charge is 2.15. The maximum Gasteiger partial charge on any atom is 0.261 e. The van der Waals surface area contributed by atoms with Gasteiger partial charge in [-0.2, -0.15) is 0 Å². The minimum atomic E-state index is -3.74. The Morgan fingerprint density at radius 1 is 0.846 bits per heavy atom. The maximum atomic E-state index is 13.1. The molecule has 0 unspecified atom stereocenters. The van der Waals surface area contributed by atoms with Crippen LogP contribution in [0.4, 0.5) is 10.1 Å². The third-order valence-electron chi connectivity index (χ3n) is 4.13. The predicted octanol–water partition coefficient (Wildman–Crippen LogP) is 4.77. The van der Waals surface area contributed by atoms with Crippen molar-refractivity contribution in [1.82, 2.24) is 4.98 Å². The van der Waals surface area contributed by atoms with Gasteiger partial charge in [-0.25, -0.2) is 12.8 Å². The molecule has 1 heterocycles. The average molecular weight is 366 g/mol. The molecule has 26 heavy (non-hydrogen) atoms. The van der Waals surface area contributed by atoms with E-state index in [4.69, 9.17) is 0 Å². The van der Waals surface area contributed by atoms with Gasteiger partial charge in [-0.3, -0.25) is 4.72 Å². The van der Waals surface area contributed by atoms with Crippen molar-refractivity contribution in [3.63, 3.8) is 0 Å². The van der Waals surface area contributed by atoms with Crippen molar-refractivity contribution in [2.45, 2.75) is 4.90 Å². The first kappa shape index (κ1) is 16.4. The van der Waals surface area contributed by atoms with E-state index in [0.29, 0.717) is 11.3 Å². The fraction of sp³-hybridized carbons (Fsp3) is 0. The van der Waals surface area contributed by atoms with Crippen LogP contribution in [0, 0.1) is 5.82 Å². The Morgan fingerprint density at radius 2 is 1.65 bits per heavy atom. The molecule has 0 aliphatic heterocycles. The highest BCUT2D eigenvalue weighted by atomic mass is 32.2. The minimum absolute atomic E-state index is 0.144. The van der Waals surface area contributed by atoms with Crippen molar-refractivity contribution >= 4 is 26.6 Å². The van der Waals surface area contributed by atoms with E-state index in [-0.39, 0.29) is 10.7 Å². The molecular weight excluding hydrogens is 351 g/mol. The summed E-state index contributed by atoms with van der Waals surface area (Å²) >= 11 is 0. The van der Waals surface area contributed by atoms with E-state index in [9.17, 15) is 12.8 Å². The van der Waals surface area contributed by atoms with Crippen LogP contribution < -0.4 is 4.72 Å². The molecule has 0 spiro atoms. The topological polar surface area (TPSA) is 62.0 Å². The molecule has 0 aliphatic carbocycles. The smallest absolute Gasteiger partial charge is 0.261 e. The van der Waals surface area contributed by atoms with Gasteiger partial charge in [0.1, 0.15) is 5.82 Å². The summed E-state index contributed by atoms with van der Waals surface area (Å²) in [6.07, 6.45) is 1.80. The molecule has 0 fully saturated rings. The lowest BCUT2D eigenvalue weighted by molar-refractivity contribution is 0.601. The van der Waals surface area contributed by atoms with Crippen LogP contribution in [0.25, 0.3) is 22.0 Å². The molecule has 4 rings (SSSR count). The third-order valence-corrected chi connectivity index (χ3v) is 5.51. The van der Waals surface area contributed by atoms with Crippen molar-refractivity contribution < 1.29 is 12.8 Å². The van der Waals surface area contributed by atoms with E-state index in [1.807, 2.05) is 12.1 Å². The second-order valence-corrected chi connectivity index (χ2v) is 7.60. The van der Waals surface area contributed by atoms with Gasteiger partial charge >= 0.3 is 0 Å². The fourth-order valence-electron chi connectivity index (χ4n) is 2.81. The number of halogens is 1. The van der Waals surface area contributed by atoms with E-state index >= 15 is 0 Å². The molecule has 0 saturated carbocycles. The third kappa shape index (κ3) is 3.19. The zero-order valence-electron chi connectivity index (χ0n) is 13.6. The maximum absolute atomic E-state index is 13.1. The lowest BCUT2D eigenvalue weighted by atomic mass is 10.1. The Hall–Kier alpha value is -3.12. The number of rotatable bonds is 4. The molecule has 0 saturated heterocycles. The second kappa shape index (κ2) is 6.31. The summed E-state index contributed by atoms with van der Waals surface area (Å²) in [5.74, 6) is -0.334. The van der Waals surface area contributed by atoms with Crippen molar-refractivity contribution in [3.8, 4) is 11.1 Å². The quantitative estimate of drug-likeness (QED) is 0.546. The van der Waals surface area contributed by atoms with Crippen LogP contribution in [0.15, 0.2) is 83.9 Å². The highest BCUT2D eigenvalue weighted by Crippen LogP contribution is 2.25. The van der Waals surface area contributed by atoms with Crippen LogP contribution >= 0.6 is 0 Å². The first-order valence-electron chi connectivity index (χ1n) is 7.97. The molecule has 0 atom stereocenters. The molecule has 4 nitrogen and oxygen atoms in total. The SMILES string of the molecule is O=S(=O)(Nc1ccc2cc[nH]c2c1)c1cccc(-c2ccc(F)cc2)c1. The van der Waals surface area contributed by atoms with E-state index in [1.165, 1.54) is 18.2 Å². The normalized spacial score (nSPS) is 11.6. The summed E-state index contributed by atoms with van der Waals surface area (Å²) in [7, 11) is -3.74. The van der Waals surface area contributed by atoms with E-state index in [2.05, 4.69) is 9.71 Å². The van der Waals surface area contributed by atoms with Crippen LogP contribution in [0.5, 0.6) is 0 Å².